The first kappa shape index (κ1) is 21.2. The van der Waals surface area contributed by atoms with Gasteiger partial charge in [-0.1, -0.05) is 6.07 Å². The maximum absolute atomic E-state index is 15.1. The van der Waals surface area contributed by atoms with Crippen LogP contribution in [0.3, 0.4) is 0 Å². The molecule has 2 N–H and O–H groups in total. The number of nitrogens with zero attached hydrogens (tertiary/aromatic N) is 2. The first-order valence-electron chi connectivity index (χ1n) is 10.9. The van der Waals surface area contributed by atoms with E-state index in [1.54, 1.807) is 4.90 Å². The van der Waals surface area contributed by atoms with Gasteiger partial charge in [0.2, 0.25) is 0 Å². The van der Waals surface area contributed by atoms with Crippen LogP contribution in [0.25, 0.3) is 10.9 Å². The summed E-state index contributed by atoms with van der Waals surface area (Å²) in [6.45, 7) is 0.597. The Hall–Kier alpha value is -3.40. The molecule has 0 unspecified atom stereocenters. The molecule has 6 nitrogen and oxygen atoms in total. The highest BCUT2D eigenvalue weighted by Gasteiger charge is 2.43. The van der Waals surface area contributed by atoms with Gasteiger partial charge in [0.15, 0.2) is 0 Å². The lowest BCUT2D eigenvalue weighted by atomic mass is 10.00. The highest BCUT2D eigenvalue weighted by atomic mass is 19.4. The van der Waals surface area contributed by atoms with Crippen LogP contribution in [0, 0.1) is 5.82 Å². The van der Waals surface area contributed by atoms with Gasteiger partial charge in [0.05, 0.1) is 35.9 Å². The molecular weight excluding hydrogens is 454 g/mol. The summed E-state index contributed by atoms with van der Waals surface area (Å²) in [4.78, 5) is 19.5. The number of benzene rings is 2. The monoisotopic (exact) mass is 473 g/mol. The zero-order valence-electron chi connectivity index (χ0n) is 17.8. The van der Waals surface area contributed by atoms with Crippen LogP contribution >= 0.6 is 0 Å². The third-order valence-corrected chi connectivity index (χ3v) is 6.66. The number of rotatable bonds is 3. The molecule has 0 saturated heterocycles. The number of hydrogen-bond acceptors (Lipinski definition) is 5. The van der Waals surface area contributed by atoms with Crippen LogP contribution in [-0.2, 0) is 24.1 Å². The van der Waals surface area contributed by atoms with E-state index in [0.29, 0.717) is 23.1 Å². The van der Waals surface area contributed by atoms with E-state index < -0.39 is 29.5 Å². The Morgan fingerprint density at radius 2 is 1.88 bits per heavy atom. The van der Waals surface area contributed by atoms with Crippen LogP contribution in [0.15, 0.2) is 30.3 Å². The maximum atomic E-state index is 15.1. The van der Waals surface area contributed by atoms with Crippen molar-refractivity contribution in [3.63, 3.8) is 0 Å². The number of amides is 1. The molecule has 3 heterocycles. The van der Waals surface area contributed by atoms with Gasteiger partial charge in [-0.25, -0.2) is 9.37 Å². The van der Waals surface area contributed by atoms with E-state index in [-0.39, 0.29) is 36.4 Å². The number of hydrogen-bond donors (Lipinski definition) is 1. The summed E-state index contributed by atoms with van der Waals surface area (Å²) in [5, 5.41) is 0.597. The highest BCUT2D eigenvalue weighted by Crippen LogP contribution is 2.45. The Morgan fingerprint density at radius 1 is 1.12 bits per heavy atom. The van der Waals surface area contributed by atoms with Gasteiger partial charge in [0.1, 0.15) is 24.0 Å². The van der Waals surface area contributed by atoms with Gasteiger partial charge in [0.25, 0.3) is 5.91 Å². The van der Waals surface area contributed by atoms with E-state index in [9.17, 15) is 18.0 Å². The smallest absolute Gasteiger partial charge is 0.416 e. The number of carbonyl (C=O) groups excluding carboxylic acids is 1. The Labute approximate surface area is 191 Å². The number of fused-ring (bicyclic) bond motifs is 4. The molecule has 1 aromatic heterocycles. The molecule has 3 aliphatic rings. The second kappa shape index (κ2) is 7.30. The molecule has 10 heteroatoms. The zero-order chi connectivity index (χ0) is 23.8. The standard InChI is InChI=1S/C24H19F4N3O3/c25-18-7-19-14(16-8-33-9-17(16)22(29)30-19)6-15(18)23(32)31(12-2-3-12)20-10-34-21-5-11(24(26,27)28)1-4-13(20)21/h1,4-7,12,20H,2-3,8-10H2,(H2,29,30)/t20-/m1/s1. The van der Waals surface area contributed by atoms with Gasteiger partial charge in [-0.15, -0.1) is 0 Å². The Bertz CT molecular complexity index is 1350. The number of halogens is 4. The third-order valence-electron chi connectivity index (χ3n) is 6.66. The summed E-state index contributed by atoms with van der Waals surface area (Å²) in [6.07, 6.45) is -3.04. The summed E-state index contributed by atoms with van der Waals surface area (Å²) < 4.78 is 65.5. The van der Waals surface area contributed by atoms with Gasteiger partial charge < -0.3 is 20.1 Å². The van der Waals surface area contributed by atoms with Crippen LogP contribution in [0.4, 0.5) is 23.4 Å². The van der Waals surface area contributed by atoms with Gasteiger partial charge in [-0.3, -0.25) is 4.79 Å². The topological polar surface area (TPSA) is 77.7 Å². The minimum atomic E-state index is -4.50. The van der Waals surface area contributed by atoms with E-state index >= 15 is 4.39 Å². The largest absolute Gasteiger partial charge is 0.491 e. The number of nitrogen functional groups attached to an aromatic ring is 1. The van der Waals surface area contributed by atoms with Crippen LogP contribution < -0.4 is 10.5 Å². The summed E-state index contributed by atoms with van der Waals surface area (Å²) in [5.41, 5.74) is 7.36. The fourth-order valence-corrected chi connectivity index (χ4v) is 4.81. The minimum absolute atomic E-state index is 0.00934. The van der Waals surface area contributed by atoms with Crippen LogP contribution in [0.2, 0.25) is 0 Å². The molecule has 3 aromatic rings. The van der Waals surface area contributed by atoms with E-state index in [1.165, 1.54) is 18.2 Å². The van der Waals surface area contributed by atoms with E-state index in [4.69, 9.17) is 15.2 Å². The third kappa shape index (κ3) is 3.27. The minimum Gasteiger partial charge on any atom is -0.491 e. The second-order valence-electron chi connectivity index (χ2n) is 8.82. The molecule has 0 spiro atoms. The van der Waals surface area contributed by atoms with Crippen molar-refractivity contribution >= 4 is 22.6 Å². The van der Waals surface area contributed by atoms with Crippen molar-refractivity contribution in [3.05, 3.63) is 64.0 Å². The number of nitrogens with two attached hydrogens (primary N) is 1. The SMILES string of the molecule is Nc1nc2cc(F)c(C(=O)N(C3CC3)[C@@H]3COc4cc(C(F)(F)F)ccc43)cc2c2c1COC2. The van der Waals surface area contributed by atoms with E-state index in [2.05, 4.69) is 4.98 Å². The Balaban J connectivity index is 1.41. The molecular formula is C24H19F4N3O3. The van der Waals surface area contributed by atoms with Crippen molar-refractivity contribution < 1.29 is 31.8 Å². The lowest BCUT2D eigenvalue weighted by Crippen LogP contribution is -2.38. The van der Waals surface area contributed by atoms with Gasteiger partial charge in [0, 0.05) is 28.6 Å². The van der Waals surface area contributed by atoms with Crippen molar-refractivity contribution in [2.24, 2.45) is 0 Å². The Morgan fingerprint density at radius 3 is 2.62 bits per heavy atom. The quantitative estimate of drug-likeness (QED) is 0.556. The predicted octanol–water partition coefficient (Wildman–Crippen LogP) is 4.74. The fraction of sp³-hybridized carbons (Fsp3) is 0.333. The number of pyridine rings is 1. The Kier molecular flexibility index (Phi) is 4.54. The average Bonchev–Trinajstić information content (AvgIpc) is 3.32. The van der Waals surface area contributed by atoms with Crippen molar-refractivity contribution in [2.75, 3.05) is 12.3 Å². The first-order chi connectivity index (χ1) is 16.2. The highest BCUT2D eigenvalue weighted by molar-refractivity contribution is 6.00. The normalized spacial score (nSPS) is 19.1. The molecule has 1 atom stereocenters. The van der Waals surface area contributed by atoms with E-state index in [1.807, 2.05) is 0 Å². The molecule has 176 valence electrons. The number of aromatic nitrogens is 1. The molecule has 0 radical (unpaired) electrons. The van der Waals surface area contributed by atoms with Crippen molar-refractivity contribution in [2.45, 2.75) is 44.3 Å². The maximum Gasteiger partial charge on any atom is 0.416 e. The lowest BCUT2D eigenvalue weighted by molar-refractivity contribution is -0.137. The van der Waals surface area contributed by atoms with Crippen molar-refractivity contribution in [3.8, 4) is 5.75 Å². The van der Waals surface area contributed by atoms with Gasteiger partial charge in [-0.2, -0.15) is 13.2 Å². The van der Waals surface area contributed by atoms with E-state index in [0.717, 1.165) is 36.1 Å². The zero-order valence-corrected chi connectivity index (χ0v) is 17.8. The molecule has 2 aliphatic heterocycles. The van der Waals surface area contributed by atoms with Crippen LogP contribution in [0.1, 0.15) is 51.5 Å². The summed E-state index contributed by atoms with van der Waals surface area (Å²) in [7, 11) is 0. The summed E-state index contributed by atoms with van der Waals surface area (Å²) >= 11 is 0. The van der Waals surface area contributed by atoms with Gasteiger partial charge >= 0.3 is 6.18 Å². The molecule has 1 fully saturated rings. The molecule has 1 amide bonds. The van der Waals surface area contributed by atoms with Crippen LogP contribution in [-0.4, -0.2) is 28.4 Å². The average molecular weight is 473 g/mol. The second-order valence-corrected chi connectivity index (χ2v) is 8.82. The molecule has 2 aromatic carbocycles. The molecule has 0 bridgehead atoms. The summed E-state index contributed by atoms with van der Waals surface area (Å²) in [5.74, 6) is -0.906. The van der Waals surface area contributed by atoms with Crippen molar-refractivity contribution in [1.82, 2.24) is 9.88 Å². The molecule has 6 rings (SSSR count). The number of ether oxygens (including phenoxy) is 2. The molecule has 1 aliphatic carbocycles. The lowest BCUT2D eigenvalue weighted by Gasteiger charge is -2.29. The number of anilines is 1. The number of alkyl halides is 3. The first-order valence-corrected chi connectivity index (χ1v) is 10.9. The van der Waals surface area contributed by atoms with Gasteiger partial charge in [-0.05, 0) is 36.6 Å². The molecule has 1 saturated carbocycles. The summed E-state index contributed by atoms with van der Waals surface area (Å²) in [6, 6.07) is 5.19. The predicted molar refractivity (Wildman–Crippen MR) is 113 cm³/mol. The van der Waals surface area contributed by atoms with Crippen LogP contribution in [0.5, 0.6) is 5.75 Å². The number of carbonyl (C=O) groups is 1. The fourth-order valence-electron chi connectivity index (χ4n) is 4.81. The molecule has 34 heavy (non-hydrogen) atoms. The van der Waals surface area contributed by atoms with Crippen molar-refractivity contribution in [1.29, 1.82) is 0 Å².